The zero-order valence-electron chi connectivity index (χ0n) is 15.6. The van der Waals surface area contributed by atoms with E-state index >= 15 is 0 Å². The molecule has 1 aromatic heterocycles. The second-order valence-corrected chi connectivity index (χ2v) is 8.05. The second-order valence-electron chi connectivity index (χ2n) is 7.22. The fraction of sp³-hybridized carbons (Fsp3) is 0.421. The lowest BCUT2D eigenvalue weighted by Gasteiger charge is -2.17. The van der Waals surface area contributed by atoms with Crippen molar-refractivity contribution in [1.82, 2.24) is 10.3 Å². The number of nitrogens with zero attached hydrogens (tertiary/aromatic N) is 2. The summed E-state index contributed by atoms with van der Waals surface area (Å²) < 4.78 is 0. The van der Waals surface area contributed by atoms with Crippen molar-refractivity contribution >= 4 is 28.3 Å². The third kappa shape index (κ3) is 5.56. The molecule has 0 aliphatic heterocycles. The molecule has 0 fully saturated rings. The number of nitrogens with one attached hydrogen (secondary N) is 1. The molecule has 140 valence electrons. The number of carbonyl (C=O) groups excluding carboxylic acids is 1. The standard InChI is InChI=1S/C19H25N3O3S/c1-19(2,3)15-12-26-18(21-15)22(4)11-13-5-7-14(8-6-13)17(25)20-10-9-16(23)24/h5-8,12H,9-11H2,1-4H3,(H,20,25)(H,23,24). The highest BCUT2D eigenvalue weighted by molar-refractivity contribution is 7.13. The summed E-state index contributed by atoms with van der Waals surface area (Å²) in [6.45, 7) is 7.25. The van der Waals surface area contributed by atoms with Gasteiger partial charge in [0.15, 0.2) is 5.13 Å². The van der Waals surface area contributed by atoms with Crippen LogP contribution < -0.4 is 10.2 Å². The molecule has 0 unspecified atom stereocenters. The molecule has 0 aliphatic carbocycles. The van der Waals surface area contributed by atoms with Gasteiger partial charge < -0.3 is 15.3 Å². The van der Waals surface area contributed by atoms with Gasteiger partial charge in [0.25, 0.3) is 5.91 Å². The maximum atomic E-state index is 12.0. The second kappa shape index (κ2) is 8.31. The SMILES string of the molecule is CN(Cc1ccc(C(=O)NCCC(=O)O)cc1)c1nc(C(C)(C)C)cs1. The molecule has 1 aromatic carbocycles. The Hall–Kier alpha value is -2.41. The molecule has 0 radical (unpaired) electrons. The van der Waals surface area contributed by atoms with Gasteiger partial charge in [0.2, 0.25) is 0 Å². The maximum Gasteiger partial charge on any atom is 0.305 e. The highest BCUT2D eigenvalue weighted by atomic mass is 32.1. The van der Waals surface area contributed by atoms with Gasteiger partial charge in [-0.05, 0) is 17.7 Å². The fourth-order valence-corrected chi connectivity index (χ4v) is 3.29. The van der Waals surface area contributed by atoms with E-state index in [0.717, 1.165) is 16.4 Å². The monoisotopic (exact) mass is 375 g/mol. The summed E-state index contributed by atoms with van der Waals surface area (Å²) in [4.78, 5) is 29.2. The molecule has 0 bridgehead atoms. The van der Waals surface area contributed by atoms with E-state index in [1.54, 1.807) is 23.5 Å². The first-order valence-corrected chi connectivity index (χ1v) is 9.31. The molecule has 0 aliphatic rings. The van der Waals surface area contributed by atoms with E-state index in [2.05, 4.69) is 36.4 Å². The molecule has 2 aromatic rings. The number of hydrogen-bond donors (Lipinski definition) is 2. The van der Waals surface area contributed by atoms with Crippen molar-refractivity contribution in [3.05, 3.63) is 46.5 Å². The van der Waals surface area contributed by atoms with Gasteiger partial charge in [-0.3, -0.25) is 9.59 Å². The minimum atomic E-state index is -0.930. The first-order chi connectivity index (χ1) is 12.2. The van der Waals surface area contributed by atoms with Gasteiger partial charge in [0.05, 0.1) is 12.1 Å². The lowest BCUT2D eigenvalue weighted by Crippen LogP contribution is -2.26. The minimum absolute atomic E-state index is 0.0330. The molecule has 2 N–H and O–H groups in total. The molecule has 6 nitrogen and oxygen atoms in total. The quantitative estimate of drug-likeness (QED) is 0.776. The molecular weight excluding hydrogens is 350 g/mol. The van der Waals surface area contributed by atoms with Crippen LogP contribution in [0.1, 0.15) is 48.8 Å². The number of carboxylic acid groups (broad SMARTS) is 1. The number of carbonyl (C=O) groups is 2. The number of carboxylic acids is 1. The van der Waals surface area contributed by atoms with Crippen molar-refractivity contribution in [3.8, 4) is 0 Å². The Balaban J connectivity index is 1.95. The first kappa shape index (κ1) is 19.9. The highest BCUT2D eigenvalue weighted by Gasteiger charge is 2.18. The molecule has 0 saturated heterocycles. The molecular formula is C19H25N3O3S. The topological polar surface area (TPSA) is 82.5 Å². The van der Waals surface area contributed by atoms with Gasteiger partial charge in [-0.1, -0.05) is 32.9 Å². The molecule has 7 heteroatoms. The average molecular weight is 375 g/mol. The number of anilines is 1. The van der Waals surface area contributed by atoms with Gasteiger partial charge in [-0.25, -0.2) is 4.98 Å². The predicted octanol–water partition coefficient (Wildman–Crippen LogP) is 3.28. The van der Waals surface area contributed by atoms with Gasteiger partial charge in [0, 0.05) is 36.5 Å². The van der Waals surface area contributed by atoms with Crippen LogP contribution in [0.5, 0.6) is 0 Å². The van der Waals surface area contributed by atoms with Crippen LogP contribution in [0.3, 0.4) is 0 Å². The van der Waals surface area contributed by atoms with Crippen molar-refractivity contribution in [1.29, 1.82) is 0 Å². The molecule has 2 rings (SSSR count). The Morgan fingerprint density at radius 1 is 1.23 bits per heavy atom. The Bertz CT molecular complexity index is 763. The summed E-state index contributed by atoms with van der Waals surface area (Å²) in [6, 6.07) is 7.31. The van der Waals surface area contributed by atoms with E-state index in [0.29, 0.717) is 12.1 Å². The lowest BCUT2D eigenvalue weighted by molar-refractivity contribution is -0.136. The van der Waals surface area contributed by atoms with E-state index < -0.39 is 5.97 Å². The van der Waals surface area contributed by atoms with E-state index in [-0.39, 0.29) is 24.3 Å². The van der Waals surface area contributed by atoms with Crippen molar-refractivity contribution in [2.75, 3.05) is 18.5 Å². The third-order valence-corrected chi connectivity index (χ3v) is 4.80. The fourth-order valence-electron chi connectivity index (χ4n) is 2.27. The highest BCUT2D eigenvalue weighted by Crippen LogP contribution is 2.28. The van der Waals surface area contributed by atoms with Crippen molar-refractivity contribution in [2.45, 2.75) is 39.2 Å². The Labute approximate surface area is 157 Å². The number of rotatable bonds is 7. The summed E-state index contributed by atoms with van der Waals surface area (Å²) in [7, 11) is 2.00. The smallest absolute Gasteiger partial charge is 0.305 e. The Morgan fingerprint density at radius 2 is 1.88 bits per heavy atom. The van der Waals surface area contributed by atoms with E-state index in [1.807, 2.05) is 19.2 Å². The van der Waals surface area contributed by atoms with Crippen molar-refractivity contribution in [3.63, 3.8) is 0 Å². The number of aliphatic carboxylic acids is 1. The normalized spacial score (nSPS) is 11.2. The van der Waals surface area contributed by atoms with Crippen LogP contribution in [0.15, 0.2) is 29.6 Å². The molecule has 0 saturated carbocycles. The minimum Gasteiger partial charge on any atom is -0.481 e. The largest absolute Gasteiger partial charge is 0.481 e. The zero-order chi connectivity index (χ0) is 19.3. The van der Waals surface area contributed by atoms with Gasteiger partial charge in [0.1, 0.15) is 0 Å². The van der Waals surface area contributed by atoms with E-state index in [4.69, 9.17) is 10.1 Å². The maximum absolute atomic E-state index is 12.0. The molecule has 26 heavy (non-hydrogen) atoms. The molecule has 0 spiro atoms. The molecule has 0 atom stereocenters. The van der Waals surface area contributed by atoms with Gasteiger partial charge in [-0.15, -0.1) is 11.3 Å². The van der Waals surface area contributed by atoms with Gasteiger partial charge >= 0.3 is 5.97 Å². The molecule has 1 heterocycles. The number of hydrogen-bond acceptors (Lipinski definition) is 5. The third-order valence-electron chi connectivity index (χ3n) is 3.85. The summed E-state index contributed by atoms with van der Waals surface area (Å²) in [6.07, 6.45) is -0.0843. The number of amides is 1. The van der Waals surface area contributed by atoms with Crippen LogP contribution >= 0.6 is 11.3 Å². The Kier molecular flexibility index (Phi) is 6.37. The number of benzene rings is 1. The van der Waals surface area contributed by atoms with E-state index in [1.165, 1.54) is 0 Å². The van der Waals surface area contributed by atoms with Crippen molar-refractivity contribution in [2.24, 2.45) is 0 Å². The van der Waals surface area contributed by atoms with E-state index in [9.17, 15) is 9.59 Å². The summed E-state index contributed by atoms with van der Waals surface area (Å²) in [5.41, 5.74) is 2.71. The number of aromatic nitrogens is 1. The summed E-state index contributed by atoms with van der Waals surface area (Å²) in [5, 5.41) is 14.2. The first-order valence-electron chi connectivity index (χ1n) is 8.43. The van der Waals surface area contributed by atoms with Crippen LogP contribution in [-0.2, 0) is 16.8 Å². The van der Waals surface area contributed by atoms with Gasteiger partial charge in [-0.2, -0.15) is 0 Å². The lowest BCUT2D eigenvalue weighted by atomic mass is 9.93. The van der Waals surface area contributed by atoms with Crippen LogP contribution in [0.2, 0.25) is 0 Å². The average Bonchev–Trinajstić information content (AvgIpc) is 3.05. The van der Waals surface area contributed by atoms with Crippen LogP contribution in [0.25, 0.3) is 0 Å². The number of thiazole rings is 1. The van der Waals surface area contributed by atoms with Crippen LogP contribution in [0.4, 0.5) is 5.13 Å². The van der Waals surface area contributed by atoms with Crippen molar-refractivity contribution < 1.29 is 14.7 Å². The molecule has 1 amide bonds. The zero-order valence-corrected chi connectivity index (χ0v) is 16.4. The van der Waals surface area contributed by atoms with Crippen LogP contribution in [0, 0.1) is 0 Å². The summed E-state index contributed by atoms with van der Waals surface area (Å²) >= 11 is 1.63. The van der Waals surface area contributed by atoms with Crippen LogP contribution in [-0.4, -0.2) is 35.6 Å². The predicted molar refractivity (Wildman–Crippen MR) is 104 cm³/mol. The Morgan fingerprint density at radius 3 is 2.42 bits per heavy atom. The summed E-state index contributed by atoms with van der Waals surface area (Å²) in [5.74, 6) is -1.19.